The molecule has 0 fully saturated rings. The first-order valence-electron chi connectivity index (χ1n) is 11.4. The molecule has 3 N–H and O–H groups in total. The molecule has 9 heteroatoms. The molecule has 0 unspecified atom stereocenters. The van der Waals surface area contributed by atoms with Gasteiger partial charge in [-0.2, -0.15) is 0 Å². The monoisotopic (exact) mass is 490 g/mol. The normalized spacial score (nSPS) is 13.7. The van der Waals surface area contributed by atoms with Crippen LogP contribution < -0.4 is 20.3 Å². The van der Waals surface area contributed by atoms with Crippen LogP contribution in [0, 0.1) is 5.82 Å². The number of halogens is 1. The average molecular weight is 490 g/mol. The number of carbonyl (C=O) groups is 1. The summed E-state index contributed by atoms with van der Waals surface area (Å²) in [6, 6.07) is 11.8. The maximum absolute atomic E-state index is 14.2. The summed E-state index contributed by atoms with van der Waals surface area (Å²) in [7, 11) is 3.00. The molecule has 0 radical (unpaired) electrons. The molecule has 0 spiro atoms. The highest BCUT2D eigenvalue weighted by Gasteiger charge is 2.26. The largest absolute Gasteiger partial charge is 0.497 e. The van der Waals surface area contributed by atoms with Gasteiger partial charge in [-0.3, -0.25) is 4.79 Å². The predicted octanol–water partition coefficient (Wildman–Crippen LogP) is 2.55. The molecule has 0 saturated carbocycles. The van der Waals surface area contributed by atoms with Gasteiger partial charge in [0.05, 0.1) is 26.1 Å². The number of nitrogens with zero attached hydrogens (tertiary/aromatic N) is 1. The Morgan fingerprint density at radius 1 is 1.11 bits per heavy atom. The van der Waals surface area contributed by atoms with E-state index in [1.807, 2.05) is 42.9 Å². The summed E-state index contributed by atoms with van der Waals surface area (Å²) in [6.07, 6.45) is 4.04. The molecule has 1 amide bonds. The zero-order valence-corrected chi connectivity index (χ0v) is 20.6. The maximum Gasteiger partial charge on any atom is 0.496 e. The van der Waals surface area contributed by atoms with Crippen molar-refractivity contribution in [3.63, 3.8) is 0 Å². The summed E-state index contributed by atoms with van der Waals surface area (Å²) in [4.78, 5) is 12.6. The molecule has 36 heavy (non-hydrogen) atoms. The van der Waals surface area contributed by atoms with Gasteiger partial charge in [-0.1, -0.05) is 6.07 Å². The summed E-state index contributed by atoms with van der Waals surface area (Å²) in [6.45, 7) is 2.19. The lowest BCUT2D eigenvalue weighted by Crippen LogP contribution is -2.32. The zero-order chi connectivity index (χ0) is 26.0. The highest BCUT2D eigenvalue weighted by atomic mass is 19.1. The Morgan fingerprint density at radius 3 is 2.39 bits per heavy atom. The van der Waals surface area contributed by atoms with Gasteiger partial charge in [0.2, 0.25) is 5.91 Å². The zero-order valence-electron chi connectivity index (χ0n) is 20.6. The molecule has 4 rings (SSSR count). The number of benzene rings is 2. The van der Waals surface area contributed by atoms with Crippen LogP contribution in [0.2, 0.25) is 0 Å². The second-order valence-electron chi connectivity index (χ2n) is 8.63. The minimum absolute atomic E-state index is 0.125. The van der Waals surface area contributed by atoms with Crippen molar-refractivity contribution in [2.75, 3.05) is 20.8 Å². The van der Waals surface area contributed by atoms with Gasteiger partial charge >= 0.3 is 7.12 Å². The predicted molar refractivity (Wildman–Crippen MR) is 138 cm³/mol. The van der Waals surface area contributed by atoms with E-state index in [1.54, 1.807) is 18.2 Å². The summed E-state index contributed by atoms with van der Waals surface area (Å²) in [5, 5.41) is 22.5. The van der Waals surface area contributed by atoms with Crippen LogP contribution in [0.3, 0.4) is 0 Å². The number of allylic oxidation sites excluding steroid dienone is 2. The van der Waals surface area contributed by atoms with Crippen LogP contribution in [0.4, 0.5) is 4.39 Å². The summed E-state index contributed by atoms with van der Waals surface area (Å²) in [5.74, 6) is 0.0480. The van der Waals surface area contributed by atoms with Crippen LogP contribution >= 0.6 is 0 Å². The van der Waals surface area contributed by atoms with Crippen LogP contribution in [-0.4, -0.2) is 48.4 Å². The number of aryl methyl sites for hydroxylation is 1. The van der Waals surface area contributed by atoms with E-state index in [-0.39, 0.29) is 41.7 Å². The van der Waals surface area contributed by atoms with Crippen molar-refractivity contribution in [3.8, 4) is 11.5 Å². The molecule has 3 aromatic rings. The Morgan fingerprint density at radius 2 is 1.81 bits per heavy atom. The minimum Gasteiger partial charge on any atom is -0.497 e. The van der Waals surface area contributed by atoms with Crippen LogP contribution in [0.5, 0.6) is 11.5 Å². The Hall–Kier alpha value is -3.82. The number of hydrogen-bond donors (Lipinski definition) is 3. The van der Waals surface area contributed by atoms with Crippen LogP contribution in [0.1, 0.15) is 29.3 Å². The van der Waals surface area contributed by atoms with Crippen molar-refractivity contribution in [2.24, 2.45) is 7.05 Å². The third-order valence-corrected chi connectivity index (χ3v) is 6.44. The van der Waals surface area contributed by atoms with Gasteiger partial charge in [0.15, 0.2) is 0 Å². The fraction of sp³-hybridized carbons (Fsp3) is 0.222. The Bertz CT molecular complexity index is 1350. The van der Waals surface area contributed by atoms with E-state index >= 15 is 0 Å². The van der Waals surface area contributed by atoms with Crippen LogP contribution in [0.25, 0.3) is 17.2 Å². The molecule has 0 bridgehead atoms. The topological polar surface area (TPSA) is 93.0 Å². The smallest absolute Gasteiger partial charge is 0.496 e. The molecule has 0 aliphatic heterocycles. The SMILES string of the molecule is COc1cc(/C=C2/C(C)=C(CNC(=O)Cc3cccn3C)c3cc(F)ccc32)cc(OC)c1B(O)O. The molecule has 1 aromatic heterocycles. The van der Waals surface area contributed by atoms with E-state index in [1.165, 1.54) is 26.4 Å². The van der Waals surface area contributed by atoms with Crippen LogP contribution in [0.15, 0.2) is 54.2 Å². The molecule has 1 aliphatic carbocycles. The summed E-state index contributed by atoms with van der Waals surface area (Å²) >= 11 is 0. The van der Waals surface area contributed by atoms with E-state index in [9.17, 15) is 19.2 Å². The number of nitrogens with one attached hydrogen (secondary N) is 1. The molecule has 1 aliphatic rings. The Kier molecular flexibility index (Phi) is 7.33. The Balaban J connectivity index is 1.70. The first kappa shape index (κ1) is 25.3. The highest BCUT2D eigenvalue weighted by molar-refractivity contribution is 6.61. The van der Waals surface area contributed by atoms with Crippen molar-refractivity contribution in [3.05, 3.63) is 82.4 Å². The number of aromatic nitrogens is 1. The molecule has 1 heterocycles. The lowest BCUT2D eigenvalue weighted by atomic mass is 9.78. The quantitative estimate of drug-likeness (QED) is 0.423. The van der Waals surface area contributed by atoms with Crippen molar-refractivity contribution in [2.45, 2.75) is 13.3 Å². The van der Waals surface area contributed by atoms with Gasteiger partial charge in [-0.05, 0) is 82.8 Å². The number of ether oxygens (including phenoxy) is 2. The number of hydrogen-bond acceptors (Lipinski definition) is 5. The van der Waals surface area contributed by atoms with Gasteiger partial charge in [0, 0.05) is 25.5 Å². The maximum atomic E-state index is 14.2. The van der Waals surface area contributed by atoms with Gasteiger partial charge in [0.1, 0.15) is 17.3 Å². The summed E-state index contributed by atoms with van der Waals surface area (Å²) < 4.78 is 26.8. The number of rotatable bonds is 8. The Labute approximate surface area is 209 Å². The standard InChI is InChI=1S/C27H28BFN2O5/c1-16-21(10-17-11-24(35-3)27(28(33)34)25(12-17)36-4)20-8-7-18(29)13-22(20)23(16)15-30-26(32)14-19-6-5-9-31(19)2/h5-13,33-34H,14-15H2,1-4H3,(H,30,32)/b21-10-. The first-order valence-corrected chi connectivity index (χ1v) is 11.4. The average Bonchev–Trinajstić information content (AvgIpc) is 3.36. The molecule has 0 saturated heterocycles. The molecular weight excluding hydrogens is 462 g/mol. The first-order chi connectivity index (χ1) is 17.2. The molecule has 2 aromatic carbocycles. The van der Waals surface area contributed by atoms with Crippen molar-refractivity contribution in [1.29, 1.82) is 0 Å². The van der Waals surface area contributed by atoms with E-state index in [2.05, 4.69) is 5.32 Å². The lowest BCUT2D eigenvalue weighted by Gasteiger charge is -2.14. The van der Waals surface area contributed by atoms with E-state index < -0.39 is 7.12 Å². The number of fused-ring (bicyclic) bond motifs is 1. The third kappa shape index (κ3) is 4.93. The second-order valence-corrected chi connectivity index (χ2v) is 8.63. The van der Waals surface area contributed by atoms with Gasteiger partial charge in [-0.15, -0.1) is 0 Å². The molecule has 0 atom stereocenters. The second kappa shape index (κ2) is 10.4. The van der Waals surface area contributed by atoms with Crippen molar-refractivity contribution in [1.82, 2.24) is 9.88 Å². The van der Waals surface area contributed by atoms with Gasteiger partial charge in [0.25, 0.3) is 0 Å². The summed E-state index contributed by atoms with van der Waals surface area (Å²) in [5.41, 5.74) is 5.88. The highest BCUT2D eigenvalue weighted by Crippen LogP contribution is 2.42. The third-order valence-electron chi connectivity index (χ3n) is 6.44. The van der Waals surface area contributed by atoms with Crippen molar-refractivity contribution < 1.29 is 28.7 Å². The number of carbonyl (C=O) groups excluding carboxylic acids is 1. The van der Waals surface area contributed by atoms with Gasteiger partial charge < -0.3 is 29.4 Å². The van der Waals surface area contributed by atoms with Crippen LogP contribution in [-0.2, 0) is 18.3 Å². The molecular formula is C27H28BFN2O5. The number of amides is 1. The van der Waals surface area contributed by atoms with E-state index in [0.717, 1.165) is 33.5 Å². The molecule has 7 nitrogen and oxygen atoms in total. The van der Waals surface area contributed by atoms with Crippen molar-refractivity contribution >= 4 is 35.7 Å². The van der Waals surface area contributed by atoms with Gasteiger partial charge in [-0.25, -0.2) is 4.39 Å². The minimum atomic E-state index is -1.76. The van der Waals surface area contributed by atoms with E-state index in [0.29, 0.717) is 5.56 Å². The van der Waals surface area contributed by atoms with E-state index in [4.69, 9.17) is 9.47 Å². The lowest BCUT2D eigenvalue weighted by molar-refractivity contribution is -0.120. The fourth-order valence-corrected chi connectivity index (χ4v) is 4.54. The fourth-order valence-electron chi connectivity index (χ4n) is 4.54. The molecule has 186 valence electrons. The number of methoxy groups -OCH3 is 2.